The van der Waals surface area contributed by atoms with Crippen LogP contribution in [0.15, 0.2) is 12.4 Å². The molecule has 0 amide bonds. The maximum atomic E-state index is 5.27. The number of aromatic nitrogens is 2. The number of nitrogens with one attached hydrogen (secondary N) is 1. The van der Waals surface area contributed by atoms with Crippen LogP contribution in [-0.2, 0) is 0 Å². The molecule has 1 N–H and O–H groups in total. The summed E-state index contributed by atoms with van der Waals surface area (Å²) in [5.74, 6) is 1.42. The highest BCUT2D eigenvalue weighted by atomic mass is 16.5. The van der Waals surface area contributed by atoms with Gasteiger partial charge in [0.25, 0.3) is 0 Å². The van der Waals surface area contributed by atoms with Gasteiger partial charge in [-0.15, -0.1) is 0 Å². The van der Waals surface area contributed by atoms with Gasteiger partial charge >= 0.3 is 0 Å². The van der Waals surface area contributed by atoms with Crippen LogP contribution in [0.4, 0.5) is 0 Å². The molecule has 4 heteroatoms. The number of aromatic amines is 1. The zero-order valence-corrected chi connectivity index (χ0v) is 8.42. The normalized spacial score (nSPS) is 10.5. The number of ether oxygens (including phenoxy) is 2. The van der Waals surface area contributed by atoms with E-state index in [0.29, 0.717) is 5.75 Å². The van der Waals surface area contributed by atoms with Gasteiger partial charge in [-0.1, -0.05) is 0 Å². The highest BCUT2D eigenvalue weighted by Gasteiger charge is 2.12. The Balaban J connectivity index is 2.82. The number of hydrogen-bond donors (Lipinski definition) is 1. The van der Waals surface area contributed by atoms with E-state index >= 15 is 0 Å². The van der Waals surface area contributed by atoms with Crippen molar-refractivity contribution >= 4 is 11.0 Å². The van der Waals surface area contributed by atoms with Crippen molar-refractivity contribution in [3.63, 3.8) is 0 Å². The first-order valence-corrected chi connectivity index (χ1v) is 4.32. The minimum absolute atomic E-state index is 0.700. The van der Waals surface area contributed by atoms with Crippen molar-refractivity contribution in [2.45, 2.75) is 6.92 Å². The average Bonchev–Trinajstić information content (AvgIpc) is 2.66. The maximum absolute atomic E-state index is 5.27. The first-order chi connectivity index (χ1) is 6.77. The largest absolute Gasteiger partial charge is 0.493 e. The first kappa shape index (κ1) is 8.87. The monoisotopic (exact) mass is 192 g/mol. The van der Waals surface area contributed by atoms with Gasteiger partial charge in [-0.25, -0.2) is 4.98 Å². The van der Waals surface area contributed by atoms with Gasteiger partial charge in [0.2, 0.25) is 0 Å². The van der Waals surface area contributed by atoms with Crippen molar-refractivity contribution in [3.8, 4) is 11.5 Å². The Labute approximate surface area is 81.9 Å². The van der Waals surface area contributed by atoms with Crippen molar-refractivity contribution in [2.24, 2.45) is 0 Å². The fourth-order valence-electron chi connectivity index (χ4n) is 1.57. The van der Waals surface area contributed by atoms with Gasteiger partial charge in [0.05, 0.1) is 26.1 Å². The Morgan fingerprint density at radius 2 is 2.07 bits per heavy atom. The smallest absolute Gasteiger partial charge is 0.186 e. The van der Waals surface area contributed by atoms with Crippen molar-refractivity contribution in [3.05, 3.63) is 18.0 Å². The number of hydrogen-bond acceptors (Lipinski definition) is 3. The predicted octanol–water partition coefficient (Wildman–Crippen LogP) is 1.89. The lowest BCUT2D eigenvalue weighted by Crippen LogP contribution is -1.92. The lowest BCUT2D eigenvalue weighted by Gasteiger charge is -2.09. The number of methoxy groups -OCH3 is 2. The number of benzene rings is 1. The van der Waals surface area contributed by atoms with Crippen LogP contribution in [-0.4, -0.2) is 24.2 Å². The molecule has 2 aromatic rings. The molecule has 0 radical (unpaired) electrons. The molecule has 0 aliphatic heterocycles. The van der Waals surface area contributed by atoms with E-state index in [9.17, 15) is 0 Å². The Bertz CT molecular complexity index is 462. The summed E-state index contributed by atoms with van der Waals surface area (Å²) < 4.78 is 10.5. The van der Waals surface area contributed by atoms with Gasteiger partial charge in [0.15, 0.2) is 11.5 Å². The fourth-order valence-corrected chi connectivity index (χ4v) is 1.57. The summed E-state index contributed by atoms with van der Waals surface area (Å²) in [6, 6.07) is 1.92. The van der Waals surface area contributed by atoms with E-state index in [-0.39, 0.29) is 0 Å². The molecule has 2 rings (SSSR count). The molecule has 0 saturated carbocycles. The summed E-state index contributed by atoms with van der Waals surface area (Å²) in [4.78, 5) is 7.25. The van der Waals surface area contributed by atoms with Crippen LogP contribution in [0, 0.1) is 6.92 Å². The molecule has 4 nitrogen and oxygen atoms in total. The summed E-state index contributed by atoms with van der Waals surface area (Å²) >= 11 is 0. The Hall–Kier alpha value is -1.71. The molecule has 1 aromatic heterocycles. The minimum Gasteiger partial charge on any atom is -0.493 e. The van der Waals surface area contributed by atoms with Crippen LogP contribution in [0.5, 0.6) is 11.5 Å². The Morgan fingerprint density at radius 3 is 2.71 bits per heavy atom. The van der Waals surface area contributed by atoms with Gasteiger partial charge in [0.1, 0.15) is 5.52 Å². The highest BCUT2D eigenvalue weighted by Crippen LogP contribution is 2.35. The molecule has 0 atom stereocenters. The van der Waals surface area contributed by atoms with E-state index in [1.54, 1.807) is 20.5 Å². The predicted molar refractivity (Wildman–Crippen MR) is 53.9 cm³/mol. The molecule has 0 aliphatic rings. The van der Waals surface area contributed by atoms with Crippen molar-refractivity contribution in [2.75, 3.05) is 14.2 Å². The van der Waals surface area contributed by atoms with E-state index in [4.69, 9.17) is 9.47 Å². The summed E-state index contributed by atoms with van der Waals surface area (Å²) in [6.07, 6.45) is 1.65. The van der Waals surface area contributed by atoms with Gasteiger partial charge < -0.3 is 14.5 Å². The summed E-state index contributed by atoms with van der Waals surface area (Å²) in [7, 11) is 3.24. The topological polar surface area (TPSA) is 47.1 Å². The highest BCUT2D eigenvalue weighted by molar-refractivity contribution is 5.87. The molecule has 0 fully saturated rings. The second-order valence-corrected chi connectivity index (χ2v) is 3.06. The van der Waals surface area contributed by atoms with Crippen LogP contribution in [0.1, 0.15) is 5.56 Å². The number of H-pyrrole nitrogens is 1. The third kappa shape index (κ3) is 1.11. The number of nitrogens with zero attached hydrogens (tertiary/aromatic N) is 1. The average molecular weight is 192 g/mol. The van der Waals surface area contributed by atoms with Gasteiger partial charge in [-0.05, 0) is 18.6 Å². The zero-order valence-electron chi connectivity index (χ0n) is 8.42. The third-order valence-electron chi connectivity index (χ3n) is 2.24. The molecule has 1 aromatic carbocycles. The molecule has 0 saturated heterocycles. The summed E-state index contributed by atoms with van der Waals surface area (Å²) in [5, 5.41) is 0. The minimum atomic E-state index is 0.700. The molecule has 74 valence electrons. The van der Waals surface area contributed by atoms with Gasteiger partial charge in [-0.3, -0.25) is 0 Å². The summed E-state index contributed by atoms with van der Waals surface area (Å²) in [6.45, 7) is 1.99. The number of aryl methyl sites for hydroxylation is 1. The zero-order chi connectivity index (χ0) is 10.1. The fraction of sp³-hybridized carbons (Fsp3) is 0.300. The van der Waals surface area contributed by atoms with Crippen molar-refractivity contribution in [1.82, 2.24) is 9.97 Å². The second-order valence-electron chi connectivity index (χ2n) is 3.06. The first-order valence-electron chi connectivity index (χ1n) is 4.32. The van der Waals surface area contributed by atoms with E-state index in [1.165, 1.54) is 0 Å². The SMILES string of the molecule is COc1cc(C)c2nc[nH]c2c1OC. The number of fused-ring (bicyclic) bond motifs is 1. The second kappa shape index (κ2) is 3.21. The molecular formula is C10H12N2O2. The number of imidazole rings is 1. The lowest BCUT2D eigenvalue weighted by atomic mass is 10.2. The van der Waals surface area contributed by atoms with Crippen molar-refractivity contribution in [1.29, 1.82) is 0 Å². The van der Waals surface area contributed by atoms with Crippen LogP contribution in [0.3, 0.4) is 0 Å². The lowest BCUT2D eigenvalue weighted by molar-refractivity contribution is 0.358. The molecular weight excluding hydrogens is 180 g/mol. The Kier molecular flexibility index (Phi) is 2.04. The van der Waals surface area contributed by atoms with Crippen molar-refractivity contribution < 1.29 is 9.47 Å². The molecule has 0 unspecified atom stereocenters. The third-order valence-corrected chi connectivity index (χ3v) is 2.24. The Morgan fingerprint density at radius 1 is 1.29 bits per heavy atom. The van der Waals surface area contributed by atoms with E-state index in [1.807, 2.05) is 13.0 Å². The van der Waals surface area contributed by atoms with Crippen LogP contribution >= 0.6 is 0 Å². The maximum Gasteiger partial charge on any atom is 0.186 e. The van der Waals surface area contributed by atoms with Crippen LogP contribution < -0.4 is 9.47 Å². The van der Waals surface area contributed by atoms with Crippen LogP contribution in [0.25, 0.3) is 11.0 Å². The van der Waals surface area contributed by atoms with E-state index in [0.717, 1.165) is 22.3 Å². The van der Waals surface area contributed by atoms with E-state index < -0.39 is 0 Å². The molecule has 0 bridgehead atoms. The van der Waals surface area contributed by atoms with Crippen LogP contribution in [0.2, 0.25) is 0 Å². The van der Waals surface area contributed by atoms with E-state index in [2.05, 4.69) is 9.97 Å². The molecule has 0 aliphatic carbocycles. The number of rotatable bonds is 2. The quantitative estimate of drug-likeness (QED) is 0.790. The standard InChI is InChI=1S/C10H12N2O2/c1-6-4-7(13-2)10(14-3)9-8(6)11-5-12-9/h4-5H,1-3H3,(H,11,12). The van der Waals surface area contributed by atoms with Gasteiger partial charge in [-0.2, -0.15) is 0 Å². The summed E-state index contributed by atoms with van der Waals surface area (Å²) in [5.41, 5.74) is 2.87. The molecule has 1 heterocycles. The molecule has 0 spiro atoms. The van der Waals surface area contributed by atoms with Gasteiger partial charge in [0, 0.05) is 0 Å². The molecule has 14 heavy (non-hydrogen) atoms.